The van der Waals surface area contributed by atoms with Gasteiger partial charge in [0.15, 0.2) is 0 Å². The van der Waals surface area contributed by atoms with E-state index in [4.69, 9.17) is 4.74 Å². The summed E-state index contributed by atoms with van der Waals surface area (Å²) in [6.45, 7) is 4.51. The molecule has 0 saturated heterocycles. The number of benzene rings is 3. The summed E-state index contributed by atoms with van der Waals surface area (Å²) in [5.41, 5.74) is 1.72. The molecule has 33 heavy (non-hydrogen) atoms. The first-order valence-corrected chi connectivity index (χ1v) is 12.7. The molecule has 0 aromatic heterocycles. The van der Waals surface area contributed by atoms with E-state index in [2.05, 4.69) is 19.2 Å². The molecule has 1 N–H and O–H groups in total. The Balaban J connectivity index is 1.42. The highest BCUT2D eigenvalue weighted by atomic mass is 32.2. The quantitative estimate of drug-likeness (QED) is 0.479. The van der Waals surface area contributed by atoms with Crippen LogP contribution in [0.25, 0.3) is 10.8 Å². The van der Waals surface area contributed by atoms with Crippen molar-refractivity contribution in [3.8, 4) is 5.75 Å². The van der Waals surface area contributed by atoms with Crippen LogP contribution < -0.4 is 14.4 Å². The third-order valence-corrected chi connectivity index (χ3v) is 7.86. The van der Waals surface area contributed by atoms with E-state index in [9.17, 15) is 13.2 Å². The van der Waals surface area contributed by atoms with Crippen LogP contribution in [0.3, 0.4) is 0 Å². The predicted octanol–water partition coefficient (Wildman–Crippen LogP) is 5.04. The Morgan fingerprint density at radius 2 is 1.73 bits per heavy atom. The zero-order valence-corrected chi connectivity index (χ0v) is 20.1. The predicted molar refractivity (Wildman–Crippen MR) is 131 cm³/mol. The lowest BCUT2D eigenvalue weighted by molar-refractivity contribution is -0.122. The number of hydrogen-bond acceptors (Lipinski definition) is 4. The lowest BCUT2D eigenvalue weighted by Crippen LogP contribution is -2.32. The molecule has 0 spiro atoms. The molecule has 4 rings (SSSR count). The summed E-state index contributed by atoms with van der Waals surface area (Å²) < 4.78 is 32.9. The average Bonchev–Trinajstić information content (AvgIpc) is 3.01. The lowest BCUT2D eigenvalue weighted by atomic mass is 9.96. The van der Waals surface area contributed by atoms with E-state index in [0.717, 1.165) is 28.5 Å². The highest BCUT2D eigenvalue weighted by molar-refractivity contribution is 7.93. The van der Waals surface area contributed by atoms with Gasteiger partial charge in [-0.2, -0.15) is 0 Å². The van der Waals surface area contributed by atoms with Crippen molar-refractivity contribution in [2.24, 2.45) is 5.92 Å². The number of carbonyl (C=O) groups is 1. The van der Waals surface area contributed by atoms with Crippen molar-refractivity contribution in [2.75, 3.05) is 18.0 Å². The number of nitrogens with zero attached hydrogens (tertiary/aromatic N) is 1. The number of sulfonamides is 1. The summed E-state index contributed by atoms with van der Waals surface area (Å²) >= 11 is 0. The Morgan fingerprint density at radius 3 is 2.39 bits per heavy atom. The molecular formula is C26H30N2O4S. The highest BCUT2D eigenvalue weighted by Crippen LogP contribution is 2.42. The van der Waals surface area contributed by atoms with Gasteiger partial charge in [0.2, 0.25) is 5.91 Å². The number of anilines is 1. The maximum absolute atomic E-state index is 13.1. The van der Waals surface area contributed by atoms with Gasteiger partial charge in [-0.15, -0.1) is 0 Å². The van der Waals surface area contributed by atoms with Crippen molar-refractivity contribution < 1.29 is 17.9 Å². The van der Waals surface area contributed by atoms with Crippen molar-refractivity contribution in [2.45, 2.75) is 44.0 Å². The number of rotatable bonds is 9. The summed E-state index contributed by atoms with van der Waals surface area (Å²) in [5, 5.41) is 4.81. The molecule has 1 aliphatic rings. The molecule has 0 fully saturated rings. The third kappa shape index (κ3) is 4.69. The van der Waals surface area contributed by atoms with Gasteiger partial charge in [0.05, 0.1) is 23.7 Å². The van der Waals surface area contributed by atoms with Crippen LogP contribution in [0.15, 0.2) is 65.6 Å². The van der Waals surface area contributed by atoms with Gasteiger partial charge < -0.3 is 10.1 Å². The van der Waals surface area contributed by atoms with Gasteiger partial charge >= 0.3 is 0 Å². The van der Waals surface area contributed by atoms with Crippen molar-refractivity contribution in [1.82, 2.24) is 5.32 Å². The fraction of sp³-hybridized carbons (Fsp3) is 0.346. The first-order chi connectivity index (χ1) is 15.8. The molecule has 1 aliphatic heterocycles. The summed E-state index contributed by atoms with van der Waals surface area (Å²) in [6.07, 6.45) is 1.51. The van der Waals surface area contributed by atoms with Gasteiger partial charge in [-0.25, -0.2) is 8.42 Å². The minimum absolute atomic E-state index is 0.0798. The molecule has 1 heterocycles. The molecule has 0 unspecified atom stereocenters. The van der Waals surface area contributed by atoms with E-state index in [1.807, 2.05) is 48.5 Å². The topological polar surface area (TPSA) is 75.7 Å². The normalized spacial score (nSPS) is 15.1. The molecule has 0 aliphatic carbocycles. The van der Waals surface area contributed by atoms with Crippen molar-refractivity contribution >= 4 is 32.4 Å². The fourth-order valence-electron chi connectivity index (χ4n) is 4.43. The van der Waals surface area contributed by atoms with Crippen LogP contribution in [-0.4, -0.2) is 28.0 Å². The van der Waals surface area contributed by atoms with Gasteiger partial charge in [0.1, 0.15) is 5.75 Å². The molecule has 7 heteroatoms. The molecule has 0 saturated carbocycles. The Morgan fingerprint density at radius 1 is 1.03 bits per heavy atom. The van der Waals surface area contributed by atoms with E-state index in [-0.39, 0.29) is 24.9 Å². The maximum atomic E-state index is 13.1. The molecule has 0 radical (unpaired) electrons. The fourth-order valence-corrected chi connectivity index (χ4v) is 6.18. The van der Waals surface area contributed by atoms with Crippen LogP contribution in [-0.2, 0) is 14.8 Å². The number of nitrogens with one attached hydrogen (secondary N) is 1. The number of amides is 1. The minimum atomic E-state index is -3.60. The van der Waals surface area contributed by atoms with Crippen LogP contribution in [0.4, 0.5) is 5.69 Å². The van der Waals surface area contributed by atoms with E-state index >= 15 is 0 Å². The van der Waals surface area contributed by atoms with E-state index in [0.29, 0.717) is 22.9 Å². The number of methoxy groups -OCH3 is 1. The zero-order valence-electron chi connectivity index (χ0n) is 19.2. The second-order valence-electron chi connectivity index (χ2n) is 8.83. The summed E-state index contributed by atoms with van der Waals surface area (Å²) in [4.78, 5) is 13.1. The third-order valence-electron chi connectivity index (χ3n) is 6.01. The monoisotopic (exact) mass is 466 g/mol. The zero-order chi connectivity index (χ0) is 23.6. The van der Waals surface area contributed by atoms with Crippen molar-refractivity contribution in [3.63, 3.8) is 0 Å². The van der Waals surface area contributed by atoms with Gasteiger partial charge in [0, 0.05) is 18.4 Å². The Bertz CT molecular complexity index is 1250. The van der Waals surface area contributed by atoms with Crippen LogP contribution >= 0.6 is 0 Å². The highest BCUT2D eigenvalue weighted by Gasteiger charge is 2.35. The summed E-state index contributed by atoms with van der Waals surface area (Å²) in [7, 11) is -1.97. The largest absolute Gasteiger partial charge is 0.497 e. The van der Waals surface area contributed by atoms with Crippen LogP contribution in [0.1, 0.15) is 44.7 Å². The van der Waals surface area contributed by atoms with Crippen LogP contribution in [0.5, 0.6) is 5.75 Å². The summed E-state index contributed by atoms with van der Waals surface area (Å²) in [6, 6.07) is 18.6. The average molecular weight is 467 g/mol. The van der Waals surface area contributed by atoms with Gasteiger partial charge in [0.25, 0.3) is 10.0 Å². The first kappa shape index (κ1) is 23.1. The SMILES string of the molecule is COc1ccc([C@@H](CC(C)C)NC(=O)CCCN2c3cccc4cccc(c34)S2(=O)=O)cc1. The van der Waals surface area contributed by atoms with Crippen molar-refractivity contribution in [1.29, 1.82) is 0 Å². The lowest BCUT2D eigenvalue weighted by Gasteiger charge is -2.22. The second-order valence-corrected chi connectivity index (χ2v) is 10.7. The maximum Gasteiger partial charge on any atom is 0.265 e. The summed E-state index contributed by atoms with van der Waals surface area (Å²) in [5.74, 6) is 1.10. The van der Waals surface area contributed by atoms with Crippen LogP contribution in [0, 0.1) is 5.92 Å². The molecule has 3 aromatic carbocycles. The minimum Gasteiger partial charge on any atom is -0.497 e. The number of ether oxygens (including phenoxy) is 1. The molecule has 6 nitrogen and oxygen atoms in total. The van der Waals surface area contributed by atoms with E-state index in [1.54, 1.807) is 19.2 Å². The standard InChI is InChI=1S/C26H30N2O4S/c1-18(2)17-22(19-12-14-21(32-3)15-13-19)27-25(29)11-6-16-28-23-9-4-7-20-8-5-10-24(26(20)23)33(28,30)31/h4-5,7-10,12-15,18,22H,6,11,16-17H2,1-3H3,(H,27,29)/t22-/m1/s1. The Labute approximate surface area is 195 Å². The van der Waals surface area contributed by atoms with E-state index in [1.165, 1.54) is 4.31 Å². The first-order valence-electron chi connectivity index (χ1n) is 11.3. The molecule has 174 valence electrons. The molecule has 1 atom stereocenters. The second kappa shape index (κ2) is 9.43. The molecule has 3 aromatic rings. The van der Waals surface area contributed by atoms with Crippen molar-refractivity contribution in [3.05, 3.63) is 66.2 Å². The van der Waals surface area contributed by atoms with Gasteiger partial charge in [-0.05, 0) is 54.0 Å². The molecule has 0 bridgehead atoms. The Kier molecular flexibility index (Phi) is 6.61. The molecule has 1 amide bonds. The van der Waals surface area contributed by atoms with E-state index < -0.39 is 10.0 Å². The molecular weight excluding hydrogens is 436 g/mol. The van der Waals surface area contributed by atoms with Crippen LogP contribution in [0.2, 0.25) is 0 Å². The smallest absolute Gasteiger partial charge is 0.265 e. The van der Waals surface area contributed by atoms with Gasteiger partial charge in [-0.1, -0.05) is 50.2 Å². The Hall–Kier alpha value is -3.06. The van der Waals surface area contributed by atoms with Gasteiger partial charge in [-0.3, -0.25) is 9.10 Å². The number of carbonyl (C=O) groups excluding carboxylic acids is 1. The number of hydrogen-bond donors (Lipinski definition) is 1.